The molecule has 0 aliphatic heterocycles. The molecule has 0 aliphatic carbocycles. The van der Waals surface area contributed by atoms with Crippen LogP contribution in [0, 0.1) is 11.7 Å². The summed E-state index contributed by atoms with van der Waals surface area (Å²) in [5.41, 5.74) is 0.881. The first kappa shape index (κ1) is 15.0. The van der Waals surface area contributed by atoms with Crippen LogP contribution in [0.1, 0.15) is 31.2 Å². The molecule has 0 aliphatic rings. The Balaban J connectivity index is 2.06. The van der Waals surface area contributed by atoms with Crippen molar-refractivity contribution >= 4 is 12.0 Å². The highest BCUT2D eigenvalue weighted by atomic mass is 19.1. The lowest BCUT2D eigenvalue weighted by atomic mass is 9.96. The lowest BCUT2D eigenvalue weighted by Crippen LogP contribution is -2.30. The van der Waals surface area contributed by atoms with Crippen LogP contribution in [0.4, 0.5) is 4.39 Å². The molecule has 0 radical (unpaired) electrons. The average molecular weight is 287 g/mol. The third kappa shape index (κ3) is 4.31. The van der Waals surface area contributed by atoms with Crippen molar-refractivity contribution in [3.8, 4) is 0 Å². The van der Waals surface area contributed by atoms with Crippen LogP contribution >= 0.6 is 0 Å². The minimum absolute atomic E-state index is 0.167. The van der Waals surface area contributed by atoms with Gasteiger partial charge in [0.25, 0.3) is 0 Å². The fourth-order valence-electron chi connectivity index (χ4n) is 2.05. The quantitative estimate of drug-likeness (QED) is 0.846. The molecule has 2 aromatic rings. The fraction of sp³-hybridized carbons (Fsp3) is 0.235. The molecule has 1 atom stereocenters. The number of carbonyl (C=O) groups is 1. The minimum Gasteiger partial charge on any atom is -0.465 e. The summed E-state index contributed by atoms with van der Waals surface area (Å²) in [5, 5.41) is 2.92. The third-order valence-corrected chi connectivity index (χ3v) is 3.14. The Labute approximate surface area is 123 Å². The zero-order valence-electron chi connectivity index (χ0n) is 12.0. The molecular formula is C17H18FNO2. The second-order valence-electron chi connectivity index (χ2n) is 5.13. The number of halogens is 1. The summed E-state index contributed by atoms with van der Waals surface area (Å²) in [5.74, 6) is 0.309. The molecule has 1 aromatic heterocycles. The van der Waals surface area contributed by atoms with Crippen LogP contribution < -0.4 is 5.32 Å². The van der Waals surface area contributed by atoms with Gasteiger partial charge >= 0.3 is 0 Å². The number of nitrogens with one attached hydrogen (secondary N) is 1. The highest BCUT2D eigenvalue weighted by molar-refractivity contribution is 5.91. The molecule has 1 N–H and O–H groups in total. The molecule has 1 amide bonds. The smallest absolute Gasteiger partial charge is 0.244 e. The van der Waals surface area contributed by atoms with Crippen LogP contribution in [-0.2, 0) is 4.79 Å². The molecule has 1 heterocycles. The second-order valence-corrected chi connectivity index (χ2v) is 5.13. The van der Waals surface area contributed by atoms with Gasteiger partial charge in [-0.1, -0.05) is 26.0 Å². The summed E-state index contributed by atoms with van der Waals surface area (Å²) < 4.78 is 18.1. The summed E-state index contributed by atoms with van der Waals surface area (Å²) in [7, 11) is 0. The molecular weight excluding hydrogens is 269 g/mol. The van der Waals surface area contributed by atoms with Crippen molar-refractivity contribution < 1.29 is 13.6 Å². The van der Waals surface area contributed by atoms with Crippen molar-refractivity contribution in [1.82, 2.24) is 5.32 Å². The normalized spacial score (nSPS) is 12.8. The second kappa shape index (κ2) is 6.88. The van der Waals surface area contributed by atoms with Gasteiger partial charge in [0.05, 0.1) is 12.3 Å². The predicted molar refractivity (Wildman–Crippen MR) is 79.9 cm³/mol. The molecule has 0 bridgehead atoms. The van der Waals surface area contributed by atoms with E-state index >= 15 is 0 Å². The molecule has 0 saturated heterocycles. The minimum atomic E-state index is -0.287. The summed E-state index contributed by atoms with van der Waals surface area (Å²) in [6.07, 6.45) is 4.59. The van der Waals surface area contributed by atoms with Crippen LogP contribution in [0.5, 0.6) is 0 Å². The van der Waals surface area contributed by atoms with Crippen LogP contribution in [0.15, 0.2) is 53.2 Å². The number of hydrogen-bond donors (Lipinski definition) is 1. The van der Waals surface area contributed by atoms with Gasteiger partial charge in [0, 0.05) is 6.08 Å². The number of furan rings is 1. The topological polar surface area (TPSA) is 42.2 Å². The van der Waals surface area contributed by atoms with E-state index in [-0.39, 0.29) is 23.7 Å². The lowest BCUT2D eigenvalue weighted by Gasteiger charge is -2.22. The Morgan fingerprint density at radius 1 is 1.24 bits per heavy atom. The standard InChI is InChI=1S/C17H18FNO2/c1-12(2)17(13-5-7-14(18)8-6-13)19-16(20)10-9-15-4-3-11-21-15/h3-12,17H,1-2H3,(H,19,20)/b10-9+/t17-/m0/s1. The van der Waals surface area contributed by atoms with E-state index in [1.54, 1.807) is 36.6 Å². The Morgan fingerprint density at radius 3 is 2.52 bits per heavy atom. The van der Waals surface area contributed by atoms with E-state index in [4.69, 9.17) is 4.42 Å². The summed E-state index contributed by atoms with van der Waals surface area (Å²) in [6, 6.07) is 9.54. The van der Waals surface area contributed by atoms with E-state index in [1.165, 1.54) is 18.2 Å². The van der Waals surface area contributed by atoms with Crippen molar-refractivity contribution in [3.05, 3.63) is 65.9 Å². The maximum atomic E-state index is 13.0. The number of benzene rings is 1. The first-order valence-electron chi connectivity index (χ1n) is 6.84. The lowest BCUT2D eigenvalue weighted by molar-refractivity contribution is -0.117. The van der Waals surface area contributed by atoms with Crippen molar-refractivity contribution in [3.63, 3.8) is 0 Å². The number of carbonyl (C=O) groups excluding carboxylic acids is 1. The summed E-state index contributed by atoms with van der Waals surface area (Å²) >= 11 is 0. The van der Waals surface area contributed by atoms with E-state index < -0.39 is 0 Å². The van der Waals surface area contributed by atoms with E-state index in [2.05, 4.69) is 5.32 Å². The fourth-order valence-corrected chi connectivity index (χ4v) is 2.05. The molecule has 0 spiro atoms. The third-order valence-electron chi connectivity index (χ3n) is 3.14. The van der Waals surface area contributed by atoms with Gasteiger partial charge in [-0.15, -0.1) is 0 Å². The van der Waals surface area contributed by atoms with Gasteiger partial charge in [-0.3, -0.25) is 4.79 Å². The van der Waals surface area contributed by atoms with Gasteiger partial charge in [-0.05, 0) is 41.8 Å². The van der Waals surface area contributed by atoms with E-state index in [9.17, 15) is 9.18 Å². The van der Waals surface area contributed by atoms with Crippen LogP contribution in [0.2, 0.25) is 0 Å². The van der Waals surface area contributed by atoms with Crippen LogP contribution in [-0.4, -0.2) is 5.91 Å². The average Bonchev–Trinajstić information content (AvgIpc) is 2.97. The van der Waals surface area contributed by atoms with E-state index in [0.717, 1.165) is 5.56 Å². The first-order valence-corrected chi connectivity index (χ1v) is 6.84. The summed E-state index contributed by atoms with van der Waals surface area (Å²) in [6.45, 7) is 4.01. The zero-order valence-corrected chi connectivity index (χ0v) is 12.0. The Hall–Kier alpha value is -2.36. The van der Waals surface area contributed by atoms with Gasteiger partial charge < -0.3 is 9.73 Å². The van der Waals surface area contributed by atoms with Gasteiger partial charge in [0.2, 0.25) is 5.91 Å². The Kier molecular flexibility index (Phi) is 4.93. The molecule has 110 valence electrons. The van der Waals surface area contributed by atoms with E-state index in [0.29, 0.717) is 5.76 Å². The maximum Gasteiger partial charge on any atom is 0.244 e. The zero-order chi connectivity index (χ0) is 15.2. The number of hydrogen-bond acceptors (Lipinski definition) is 2. The first-order chi connectivity index (χ1) is 10.1. The highest BCUT2D eigenvalue weighted by Gasteiger charge is 2.17. The molecule has 0 fully saturated rings. The molecule has 0 saturated carbocycles. The Morgan fingerprint density at radius 2 is 1.95 bits per heavy atom. The molecule has 3 nitrogen and oxygen atoms in total. The Bertz CT molecular complexity index is 600. The van der Waals surface area contributed by atoms with Gasteiger partial charge in [-0.25, -0.2) is 4.39 Å². The highest BCUT2D eigenvalue weighted by Crippen LogP contribution is 2.21. The van der Waals surface area contributed by atoms with Crippen molar-refractivity contribution in [1.29, 1.82) is 0 Å². The van der Waals surface area contributed by atoms with Gasteiger partial charge in [0.1, 0.15) is 11.6 Å². The van der Waals surface area contributed by atoms with Crippen LogP contribution in [0.3, 0.4) is 0 Å². The molecule has 2 rings (SSSR count). The monoisotopic (exact) mass is 287 g/mol. The molecule has 4 heteroatoms. The van der Waals surface area contributed by atoms with Gasteiger partial charge in [-0.2, -0.15) is 0 Å². The van der Waals surface area contributed by atoms with Crippen LogP contribution in [0.25, 0.3) is 6.08 Å². The molecule has 1 aromatic carbocycles. The molecule has 21 heavy (non-hydrogen) atoms. The summed E-state index contributed by atoms with van der Waals surface area (Å²) in [4.78, 5) is 12.0. The van der Waals surface area contributed by atoms with Gasteiger partial charge in [0.15, 0.2) is 0 Å². The van der Waals surface area contributed by atoms with E-state index in [1.807, 2.05) is 13.8 Å². The van der Waals surface area contributed by atoms with Crippen molar-refractivity contribution in [2.75, 3.05) is 0 Å². The number of amides is 1. The van der Waals surface area contributed by atoms with Crippen molar-refractivity contribution in [2.24, 2.45) is 5.92 Å². The van der Waals surface area contributed by atoms with Crippen molar-refractivity contribution in [2.45, 2.75) is 19.9 Å². The SMILES string of the molecule is CC(C)[C@H](NC(=O)/C=C/c1ccco1)c1ccc(F)cc1. The molecule has 0 unspecified atom stereocenters. The maximum absolute atomic E-state index is 13.0. The predicted octanol–water partition coefficient (Wildman–Crippen LogP) is 3.95. The number of rotatable bonds is 5. The largest absolute Gasteiger partial charge is 0.465 e.